The van der Waals surface area contributed by atoms with Crippen molar-refractivity contribution >= 4 is 34.6 Å². The minimum absolute atomic E-state index is 0.268. The highest BCUT2D eigenvalue weighted by Crippen LogP contribution is 2.38. The van der Waals surface area contributed by atoms with Gasteiger partial charge in [-0.3, -0.25) is 9.78 Å². The second-order valence-electron chi connectivity index (χ2n) is 7.96. The number of thiophene rings is 1. The number of nitrogens with zero attached hydrogens (tertiary/aromatic N) is 2. The molecule has 0 unspecified atom stereocenters. The molecule has 2 aromatic heterocycles. The summed E-state index contributed by atoms with van der Waals surface area (Å²) in [5.74, 6) is 0. The van der Waals surface area contributed by atoms with Crippen LogP contribution in [0.15, 0.2) is 36.5 Å². The summed E-state index contributed by atoms with van der Waals surface area (Å²) < 4.78 is 5.52. The highest BCUT2D eigenvalue weighted by atomic mass is 32.1. The van der Waals surface area contributed by atoms with Crippen molar-refractivity contribution in [1.29, 1.82) is 0 Å². The summed E-state index contributed by atoms with van der Waals surface area (Å²) in [6.07, 6.45) is 3.20. The largest absolute Gasteiger partial charge is 0.444 e. The zero-order chi connectivity index (χ0) is 19.9. The van der Waals surface area contributed by atoms with Gasteiger partial charge in [0.1, 0.15) is 11.9 Å². The topological polar surface area (TPSA) is 59.5 Å². The Morgan fingerprint density at radius 2 is 2.07 bits per heavy atom. The molecule has 0 spiro atoms. The van der Waals surface area contributed by atoms with E-state index < -0.39 is 5.60 Å². The zero-order valence-corrected chi connectivity index (χ0v) is 17.0. The second kappa shape index (κ2) is 7.02. The Bertz CT molecular complexity index is 1070. The first-order chi connectivity index (χ1) is 13.3. The van der Waals surface area contributed by atoms with E-state index in [1.54, 1.807) is 28.5 Å². The van der Waals surface area contributed by atoms with Crippen LogP contribution in [0.1, 0.15) is 41.6 Å². The van der Waals surface area contributed by atoms with Gasteiger partial charge in [-0.2, -0.15) is 0 Å². The molecule has 5 nitrogen and oxygen atoms in total. The highest BCUT2D eigenvalue weighted by molar-refractivity contribution is 7.15. The maximum Gasteiger partial charge on any atom is 0.410 e. The third-order valence-corrected chi connectivity index (χ3v) is 5.96. The van der Waals surface area contributed by atoms with Gasteiger partial charge in [-0.15, -0.1) is 11.3 Å². The lowest BCUT2D eigenvalue weighted by Gasteiger charge is -2.29. The average Bonchev–Trinajstić information content (AvgIpc) is 3.08. The lowest BCUT2D eigenvalue weighted by Crippen LogP contribution is -2.39. The molecular formula is C22H22N2O3S. The Morgan fingerprint density at radius 1 is 1.25 bits per heavy atom. The summed E-state index contributed by atoms with van der Waals surface area (Å²) in [7, 11) is 0. The van der Waals surface area contributed by atoms with Crippen LogP contribution in [0.3, 0.4) is 0 Å². The standard InChI is InChI=1S/C22H22N2O3S/c1-22(2,3)27-21(26)24-9-7-19-15(12-24)11-20(28-19)16-6-8-23-18-5-4-14(13-25)10-17(16)18/h4-6,8,10-11,13H,7,9,12H2,1-3H3. The zero-order valence-electron chi connectivity index (χ0n) is 16.2. The molecule has 0 atom stereocenters. The van der Waals surface area contributed by atoms with Gasteiger partial charge in [-0.25, -0.2) is 4.79 Å². The first-order valence-electron chi connectivity index (χ1n) is 9.28. The third kappa shape index (κ3) is 3.64. The number of hydrogen-bond donors (Lipinski definition) is 0. The van der Waals surface area contributed by atoms with E-state index in [2.05, 4.69) is 11.1 Å². The molecule has 0 aliphatic carbocycles. The number of hydrogen-bond acceptors (Lipinski definition) is 5. The van der Waals surface area contributed by atoms with Crippen LogP contribution < -0.4 is 0 Å². The third-order valence-electron chi connectivity index (χ3n) is 4.69. The maximum atomic E-state index is 12.4. The van der Waals surface area contributed by atoms with Crippen molar-refractivity contribution in [3.8, 4) is 10.4 Å². The van der Waals surface area contributed by atoms with Gasteiger partial charge in [0.25, 0.3) is 0 Å². The highest BCUT2D eigenvalue weighted by Gasteiger charge is 2.27. The Balaban J connectivity index is 1.66. The molecule has 3 aromatic rings. The van der Waals surface area contributed by atoms with Crippen LogP contribution in [0.25, 0.3) is 21.3 Å². The predicted octanol–water partition coefficient (Wildman–Crippen LogP) is 5.07. The molecular weight excluding hydrogens is 372 g/mol. The normalized spacial score (nSPS) is 14.0. The number of amides is 1. The fourth-order valence-corrected chi connectivity index (χ4v) is 4.60. The lowest BCUT2D eigenvalue weighted by molar-refractivity contribution is 0.0225. The number of fused-ring (bicyclic) bond motifs is 2. The molecule has 1 amide bonds. The van der Waals surface area contributed by atoms with Gasteiger partial charge in [0.2, 0.25) is 0 Å². The number of carbonyl (C=O) groups excluding carboxylic acids is 2. The Labute approximate surface area is 168 Å². The molecule has 3 heterocycles. The number of aromatic nitrogens is 1. The van der Waals surface area contributed by atoms with Crippen molar-refractivity contribution in [3.63, 3.8) is 0 Å². The van der Waals surface area contributed by atoms with Crippen LogP contribution in [0.4, 0.5) is 4.79 Å². The molecule has 144 valence electrons. The van der Waals surface area contributed by atoms with Gasteiger partial charge in [-0.05, 0) is 63.1 Å². The van der Waals surface area contributed by atoms with Gasteiger partial charge in [-0.1, -0.05) is 0 Å². The summed E-state index contributed by atoms with van der Waals surface area (Å²) in [4.78, 5) is 32.2. The quantitative estimate of drug-likeness (QED) is 0.570. The molecule has 0 saturated carbocycles. The molecule has 28 heavy (non-hydrogen) atoms. The first kappa shape index (κ1) is 18.6. The fourth-order valence-electron chi connectivity index (χ4n) is 3.40. The van der Waals surface area contributed by atoms with Crippen LogP contribution in [0.5, 0.6) is 0 Å². The Kier molecular flexibility index (Phi) is 4.67. The fraction of sp³-hybridized carbons (Fsp3) is 0.318. The van der Waals surface area contributed by atoms with Gasteiger partial charge in [0.05, 0.1) is 12.1 Å². The van der Waals surface area contributed by atoms with Crippen molar-refractivity contribution in [2.24, 2.45) is 0 Å². The van der Waals surface area contributed by atoms with E-state index in [1.165, 1.54) is 4.88 Å². The van der Waals surface area contributed by atoms with Crippen molar-refractivity contribution in [2.45, 2.75) is 39.3 Å². The summed E-state index contributed by atoms with van der Waals surface area (Å²) >= 11 is 1.75. The van der Waals surface area contributed by atoms with E-state index in [0.29, 0.717) is 18.7 Å². The Hall–Kier alpha value is -2.73. The molecule has 1 aromatic carbocycles. The van der Waals surface area contributed by atoms with Crippen LogP contribution >= 0.6 is 11.3 Å². The number of ether oxygens (including phenoxy) is 1. The molecule has 0 radical (unpaired) electrons. The summed E-state index contributed by atoms with van der Waals surface area (Å²) in [5.41, 5.74) is 3.23. The average molecular weight is 394 g/mol. The minimum atomic E-state index is -0.497. The predicted molar refractivity (Wildman–Crippen MR) is 111 cm³/mol. The number of aldehydes is 1. The van der Waals surface area contributed by atoms with Gasteiger partial charge in [0.15, 0.2) is 0 Å². The van der Waals surface area contributed by atoms with E-state index >= 15 is 0 Å². The minimum Gasteiger partial charge on any atom is -0.444 e. The number of carbonyl (C=O) groups is 2. The molecule has 0 N–H and O–H groups in total. The van der Waals surface area contributed by atoms with E-state index in [9.17, 15) is 9.59 Å². The maximum absolute atomic E-state index is 12.4. The summed E-state index contributed by atoms with van der Waals surface area (Å²) in [5, 5.41) is 0.967. The van der Waals surface area contributed by atoms with Crippen molar-refractivity contribution in [3.05, 3.63) is 52.5 Å². The number of pyridine rings is 1. The van der Waals surface area contributed by atoms with E-state index in [1.807, 2.05) is 39.0 Å². The number of benzene rings is 1. The van der Waals surface area contributed by atoms with Crippen LogP contribution in [0.2, 0.25) is 0 Å². The van der Waals surface area contributed by atoms with Crippen LogP contribution in [-0.2, 0) is 17.7 Å². The van der Waals surface area contributed by atoms with Gasteiger partial charge < -0.3 is 9.64 Å². The molecule has 0 bridgehead atoms. The first-order valence-corrected chi connectivity index (χ1v) is 10.1. The smallest absolute Gasteiger partial charge is 0.410 e. The van der Waals surface area contributed by atoms with Gasteiger partial charge in [0, 0.05) is 39.0 Å². The lowest BCUT2D eigenvalue weighted by atomic mass is 10.0. The van der Waals surface area contributed by atoms with E-state index in [0.717, 1.165) is 39.6 Å². The van der Waals surface area contributed by atoms with Crippen LogP contribution in [-0.4, -0.2) is 34.4 Å². The monoisotopic (exact) mass is 394 g/mol. The van der Waals surface area contributed by atoms with Crippen molar-refractivity contribution in [2.75, 3.05) is 6.54 Å². The molecule has 6 heteroatoms. The second-order valence-corrected chi connectivity index (χ2v) is 9.10. The molecule has 0 saturated heterocycles. The summed E-state index contributed by atoms with van der Waals surface area (Å²) in [6, 6.07) is 9.68. The SMILES string of the molecule is CC(C)(C)OC(=O)N1CCc2sc(-c3ccnc4ccc(C=O)cc34)cc2C1. The van der Waals surface area contributed by atoms with E-state index in [-0.39, 0.29) is 6.09 Å². The molecule has 0 fully saturated rings. The molecule has 1 aliphatic heterocycles. The van der Waals surface area contributed by atoms with E-state index in [4.69, 9.17) is 4.74 Å². The molecule has 1 aliphatic rings. The van der Waals surface area contributed by atoms with Crippen molar-refractivity contribution in [1.82, 2.24) is 9.88 Å². The van der Waals surface area contributed by atoms with Crippen molar-refractivity contribution < 1.29 is 14.3 Å². The molecule has 4 rings (SSSR count). The summed E-state index contributed by atoms with van der Waals surface area (Å²) in [6.45, 7) is 6.86. The van der Waals surface area contributed by atoms with Crippen LogP contribution in [0, 0.1) is 0 Å². The van der Waals surface area contributed by atoms with Gasteiger partial charge >= 0.3 is 6.09 Å². The number of rotatable bonds is 2. The Morgan fingerprint density at radius 3 is 2.82 bits per heavy atom.